The summed E-state index contributed by atoms with van der Waals surface area (Å²) in [6, 6.07) is 14.3. The number of H-pyrrole nitrogens is 1. The van der Waals surface area contributed by atoms with Gasteiger partial charge in [0, 0.05) is 16.9 Å². The number of phenolic OH excluding ortho intramolecular Hbond substituents is 1. The van der Waals surface area contributed by atoms with Crippen molar-refractivity contribution in [2.45, 2.75) is 5.92 Å². The fourth-order valence-electron chi connectivity index (χ4n) is 3.47. The molecular formula is C19H13N3O3. The summed E-state index contributed by atoms with van der Waals surface area (Å²) in [5, 5.41) is 20.8. The summed E-state index contributed by atoms with van der Waals surface area (Å²) >= 11 is 0. The van der Waals surface area contributed by atoms with E-state index in [0.29, 0.717) is 11.1 Å². The Morgan fingerprint density at radius 3 is 2.72 bits per heavy atom. The molecule has 0 radical (unpaired) electrons. The standard InChI is InChI=1S/C19H13N3O3/c23-11-7-5-10(6-8-11)15-13-9-20-22-18(13)21-17-12-3-1-2-4-14(12)25-19(24)16(15)17/h1-9,15,23H,(H2,20,21,22)/t15-/m0/s1. The van der Waals surface area contributed by atoms with E-state index >= 15 is 0 Å². The van der Waals surface area contributed by atoms with Gasteiger partial charge in [0.2, 0.25) is 0 Å². The average molecular weight is 331 g/mol. The highest BCUT2D eigenvalue weighted by Crippen LogP contribution is 2.44. The average Bonchev–Trinajstić information content (AvgIpc) is 3.09. The van der Waals surface area contributed by atoms with Crippen LogP contribution in [0.15, 0.2) is 63.9 Å². The maximum atomic E-state index is 12.8. The van der Waals surface area contributed by atoms with Crippen molar-refractivity contribution in [3.63, 3.8) is 0 Å². The predicted molar refractivity (Wildman–Crippen MR) is 93.4 cm³/mol. The molecule has 122 valence electrons. The zero-order valence-corrected chi connectivity index (χ0v) is 13.0. The van der Waals surface area contributed by atoms with Crippen LogP contribution < -0.4 is 10.9 Å². The number of rotatable bonds is 1. The van der Waals surface area contributed by atoms with E-state index in [1.807, 2.05) is 18.2 Å². The highest BCUT2D eigenvalue weighted by atomic mass is 16.4. The van der Waals surface area contributed by atoms with Gasteiger partial charge in [-0.15, -0.1) is 0 Å². The number of anilines is 2. The lowest BCUT2D eigenvalue weighted by Gasteiger charge is -2.26. The molecular weight excluding hydrogens is 318 g/mol. The Hall–Kier alpha value is -3.54. The Balaban J connectivity index is 1.86. The summed E-state index contributed by atoms with van der Waals surface area (Å²) < 4.78 is 5.55. The van der Waals surface area contributed by atoms with Crippen molar-refractivity contribution in [1.82, 2.24) is 10.2 Å². The minimum Gasteiger partial charge on any atom is -0.508 e. The van der Waals surface area contributed by atoms with E-state index < -0.39 is 0 Å². The van der Waals surface area contributed by atoms with Gasteiger partial charge in [0.05, 0.1) is 17.4 Å². The van der Waals surface area contributed by atoms with Crippen molar-refractivity contribution in [2.75, 3.05) is 5.32 Å². The van der Waals surface area contributed by atoms with Crippen molar-refractivity contribution in [3.8, 4) is 5.75 Å². The van der Waals surface area contributed by atoms with Crippen molar-refractivity contribution in [3.05, 3.63) is 81.8 Å². The Morgan fingerprint density at radius 1 is 1.08 bits per heavy atom. The van der Waals surface area contributed by atoms with Gasteiger partial charge < -0.3 is 14.8 Å². The molecule has 0 saturated carbocycles. The quantitative estimate of drug-likeness (QED) is 0.409. The number of aromatic hydroxyl groups is 1. The van der Waals surface area contributed by atoms with Crippen LogP contribution in [0.4, 0.5) is 11.5 Å². The van der Waals surface area contributed by atoms with Gasteiger partial charge in [-0.3, -0.25) is 5.10 Å². The van der Waals surface area contributed by atoms with E-state index in [0.717, 1.165) is 28.0 Å². The number of phenols is 1. The lowest BCUT2D eigenvalue weighted by molar-refractivity contribution is 0.475. The predicted octanol–water partition coefficient (Wildman–Crippen LogP) is 3.46. The molecule has 4 aromatic rings. The summed E-state index contributed by atoms with van der Waals surface area (Å²) in [4.78, 5) is 12.8. The molecule has 6 heteroatoms. The Morgan fingerprint density at radius 2 is 1.88 bits per heavy atom. The molecule has 3 heterocycles. The summed E-state index contributed by atoms with van der Waals surface area (Å²) in [6.07, 6.45) is 1.71. The fourth-order valence-corrected chi connectivity index (χ4v) is 3.47. The molecule has 1 aliphatic rings. The first-order chi connectivity index (χ1) is 12.2. The van der Waals surface area contributed by atoms with Gasteiger partial charge >= 0.3 is 5.63 Å². The zero-order chi connectivity index (χ0) is 17.0. The van der Waals surface area contributed by atoms with Gasteiger partial charge in [-0.05, 0) is 29.8 Å². The maximum absolute atomic E-state index is 12.8. The van der Waals surface area contributed by atoms with Crippen molar-refractivity contribution < 1.29 is 9.52 Å². The van der Waals surface area contributed by atoms with Gasteiger partial charge in [-0.1, -0.05) is 24.3 Å². The van der Waals surface area contributed by atoms with Gasteiger partial charge in [0.1, 0.15) is 17.2 Å². The number of aromatic amines is 1. The summed E-state index contributed by atoms with van der Waals surface area (Å²) in [5.41, 5.74) is 3.16. The van der Waals surface area contributed by atoms with Crippen molar-refractivity contribution >= 4 is 22.5 Å². The Kier molecular flexibility index (Phi) is 2.76. The van der Waals surface area contributed by atoms with E-state index in [9.17, 15) is 9.90 Å². The summed E-state index contributed by atoms with van der Waals surface area (Å²) in [5.74, 6) is 0.601. The number of hydrogen-bond donors (Lipinski definition) is 3. The number of fused-ring (bicyclic) bond motifs is 4. The summed E-state index contributed by atoms with van der Waals surface area (Å²) in [7, 11) is 0. The van der Waals surface area contributed by atoms with Crippen LogP contribution in [-0.4, -0.2) is 15.3 Å². The Labute approximate surface area is 141 Å². The van der Waals surface area contributed by atoms with Crippen LogP contribution in [0.5, 0.6) is 5.75 Å². The topological polar surface area (TPSA) is 91.2 Å². The lowest BCUT2D eigenvalue weighted by atomic mass is 9.83. The van der Waals surface area contributed by atoms with Crippen LogP contribution in [0.25, 0.3) is 11.0 Å². The first-order valence-electron chi connectivity index (χ1n) is 7.87. The molecule has 1 atom stereocenters. The van der Waals surface area contributed by atoms with Gasteiger partial charge in [0.25, 0.3) is 0 Å². The van der Waals surface area contributed by atoms with E-state index in [-0.39, 0.29) is 17.3 Å². The van der Waals surface area contributed by atoms with E-state index in [4.69, 9.17) is 4.42 Å². The highest BCUT2D eigenvalue weighted by Gasteiger charge is 2.33. The second-order valence-corrected chi connectivity index (χ2v) is 6.02. The number of nitrogens with zero attached hydrogens (tertiary/aromatic N) is 1. The van der Waals surface area contributed by atoms with Crippen LogP contribution in [0.1, 0.15) is 22.6 Å². The van der Waals surface area contributed by atoms with Crippen molar-refractivity contribution in [2.24, 2.45) is 0 Å². The molecule has 1 aliphatic heterocycles. The highest BCUT2D eigenvalue weighted by molar-refractivity contribution is 5.95. The smallest absolute Gasteiger partial charge is 0.342 e. The van der Waals surface area contributed by atoms with E-state index in [1.54, 1.807) is 36.5 Å². The van der Waals surface area contributed by atoms with E-state index in [2.05, 4.69) is 15.5 Å². The molecule has 0 saturated heterocycles. The number of aromatic nitrogens is 2. The SMILES string of the molecule is O=c1oc2ccccc2c2c1[C@@H](c1ccc(O)cc1)c1cn[nH]c1N2. The van der Waals surface area contributed by atoms with Gasteiger partial charge in [0.15, 0.2) is 0 Å². The first kappa shape index (κ1) is 13.9. The molecule has 0 fully saturated rings. The number of para-hydroxylation sites is 1. The molecule has 6 nitrogen and oxygen atoms in total. The lowest BCUT2D eigenvalue weighted by Crippen LogP contribution is -2.21. The minimum atomic E-state index is -0.383. The molecule has 5 rings (SSSR count). The normalized spacial score (nSPS) is 15.4. The number of nitrogens with one attached hydrogen (secondary N) is 2. The molecule has 2 aromatic carbocycles. The van der Waals surface area contributed by atoms with Crippen LogP contribution >= 0.6 is 0 Å². The molecule has 2 aromatic heterocycles. The zero-order valence-electron chi connectivity index (χ0n) is 13.0. The fraction of sp³-hybridized carbons (Fsp3) is 0.0526. The van der Waals surface area contributed by atoms with Crippen LogP contribution in [0.2, 0.25) is 0 Å². The first-order valence-corrected chi connectivity index (χ1v) is 7.87. The van der Waals surface area contributed by atoms with Crippen molar-refractivity contribution in [1.29, 1.82) is 0 Å². The molecule has 0 unspecified atom stereocenters. The number of benzene rings is 2. The molecule has 0 aliphatic carbocycles. The van der Waals surface area contributed by atoms with Gasteiger partial charge in [-0.25, -0.2) is 4.79 Å². The third-order valence-corrected chi connectivity index (χ3v) is 4.59. The Bertz CT molecular complexity index is 1160. The monoisotopic (exact) mass is 331 g/mol. The second kappa shape index (κ2) is 4.98. The van der Waals surface area contributed by atoms with E-state index in [1.165, 1.54) is 0 Å². The molecule has 0 amide bonds. The van der Waals surface area contributed by atoms with Crippen LogP contribution in [0.3, 0.4) is 0 Å². The molecule has 0 bridgehead atoms. The number of hydrogen-bond acceptors (Lipinski definition) is 5. The van der Waals surface area contributed by atoms with Crippen LogP contribution in [0, 0.1) is 0 Å². The third kappa shape index (κ3) is 1.97. The molecule has 0 spiro atoms. The summed E-state index contributed by atoms with van der Waals surface area (Å²) in [6.45, 7) is 0. The van der Waals surface area contributed by atoms with Crippen LogP contribution in [-0.2, 0) is 0 Å². The minimum absolute atomic E-state index is 0.177. The third-order valence-electron chi connectivity index (χ3n) is 4.59. The molecule has 3 N–H and O–H groups in total. The van der Waals surface area contributed by atoms with Gasteiger partial charge in [-0.2, -0.15) is 5.10 Å². The second-order valence-electron chi connectivity index (χ2n) is 6.02. The maximum Gasteiger partial charge on any atom is 0.342 e. The largest absolute Gasteiger partial charge is 0.508 e. The molecule has 25 heavy (non-hydrogen) atoms.